The highest BCUT2D eigenvalue weighted by atomic mass is 79.9. The third-order valence-corrected chi connectivity index (χ3v) is 3.18. The molecule has 2 nitrogen and oxygen atoms in total. The number of aryl methyl sites for hydroxylation is 1. The zero-order chi connectivity index (χ0) is 12.8. The number of imidazole rings is 1. The Hall–Kier alpha value is -0.310. The van der Waals surface area contributed by atoms with Crippen LogP contribution >= 0.6 is 15.9 Å². The van der Waals surface area contributed by atoms with Crippen LogP contribution in [-0.4, -0.2) is 14.9 Å². The van der Waals surface area contributed by atoms with E-state index in [0.717, 1.165) is 0 Å². The van der Waals surface area contributed by atoms with E-state index in [1.165, 1.54) is 56.7 Å². The van der Waals surface area contributed by atoms with Gasteiger partial charge in [0.1, 0.15) is 0 Å². The van der Waals surface area contributed by atoms with E-state index in [1.807, 2.05) is 17.8 Å². The maximum Gasteiger partial charge on any atom is 0.0943 e. The van der Waals surface area contributed by atoms with Crippen molar-refractivity contribution in [3.8, 4) is 0 Å². The topological polar surface area (TPSA) is 17.8 Å². The molecular formula is C14H27BrN2. The van der Waals surface area contributed by atoms with E-state index in [9.17, 15) is 0 Å². The first-order valence-corrected chi connectivity index (χ1v) is 7.91. The highest BCUT2D eigenvalue weighted by molar-refractivity contribution is 9.09. The second kappa shape index (κ2) is 13.8. The molecule has 0 bridgehead atoms. The molecule has 0 atom stereocenters. The van der Waals surface area contributed by atoms with Gasteiger partial charge in [0, 0.05) is 24.8 Å². The number of alkyl halides is 1. The lowest BCUT2D eigenvalue weighted by Gasteiger charge is -1.98. The molecule has 0 amide bonds. The molecule has 1 aromatic rings. The Morgan fingerprint density at radius 3 is 1.94 bits per heavy atom. The fourth-order valence-electron chi connectivity index (χ4n) is 1.55. The van der Waals surface area contributed by atoms with Gasteiger partial charge in [-0.2, -0.15) is 0 Å². The van der Waals surface area contributed by atoms with Crippen LogP contribution in [0.5, 0.6) is 0 Å². The largest absolute Gasteiger partial charge is 0.341 e. The predicted octanol–water partition coefficient (Wildman–Crippen LogP) is 4.94. The van der Waals surface area contributed by atoms with Crippen molar-refractivity contribution in [2.45, 2.75) is 58.3 Å². The van der Waals surface area contributed by atoms with Crippen molar-refractivity contribution in [1.29, 1.82) is 0 Å². The van der Waals surface area contributed by atoms with Crippen LogP contribution in [0.2, 0.25) is 0 Å². The highest BCUT2D eigenvalue weighted by Gasteiger charge is 1.89. The van der Waals surface area contributed by atoms with Crippen LogP contribution in [0.25, 0.3) is 0 Å². The van der Waals surface area contributed by atoms with E-state index in [-0.39, 0.29) is 0 Å². The number of halogens is 1. The van der Waals surface area contributed by atoms with Crippen LogP contribution in [0.15, 0.2) is 18.7 Å². The third kappa shape index (κ3) is 13.6. The minimum atomic E-state index is 1.18. The predicted molar refractivity (Wildman–Crippen MR) is 79.6 cm³/mol. The number of unbranched alkanes of at least 4 members (excludes halogenated alkanes) is 7. The van der Waals surface area contributed by atoms with Gasteiger partial charge in [-0.25, -0.2) is 4.98 Å². The van der Waals surface area contributed by atoms with Crippen molar-refractivity contribution in [2.24, 2.45) is 7.05 Å². The van der Waals surface area contributed by atoms with Gasteiger partial charge in [0.25, 0.3) is 0 Å². The average Bonchev–Trinajstić information content (AvgIpc) is 2.80. The van der Waals surface area contributed by atoms with E-state index in [2.05, 4.69) is 27.8 Å². The summed E-state index contributed by atoms with van der Waals surface area (Å²) in [6.07, 6.45) is 16.7. The summed E-state index contributed by atoms with van der Waals surface area (Å²) < 4.78 is 1.89. The summed E-state index contributed by atoms with van der Waals surface area (Å²) >= 11 is 3.44. The first-order chi connectivity index (χ1) is 8.31. The molecule has 0 fully saturated rings. The second-order valence-electron chi connectivity index (χ2n) is 4.39. The summed E-state index contributed by atoms with van der Waals surface area (Å²) in [6.45, 7) is 2.27. The SMILES string of the molecule is CCCCCCCCCCBr.Cn1ccnc1. The third-order valence-electron chi connectivity index (χ3n) is 2.62. The Balaban J connectivity index is 0.000000354. The molecule has 3 heteroatoms. The summed E-state index contributed by atoms with van der Waals surface area (Å²) in [6, 6.07) is 0. The van der Waals surface area contributed by atoms with Gasteiger partial charge in [0.2, 0.25) is 0 Å². The van der Waals surface area contributed by atoms with Crippen LogP contribution in [0, 0.1) is 0 Å². The Morgan fingerprint density at radius 1 is 1.00 bits per heavy atom. The monoisotopic (exact) mass is 302 g/mol. The van der Waals surface area contributed by atoms with Crippen molar-refractivity contribution in [3.05, 3.63) is 18.7 Å². The molecule has 0 saturated heterocycles. The lowest BCUT2D eigenvalue weighted by atomic mass is 10.1. The summed E-state index contributed by atoms with van der Waals surface area (Å²) in [4.78, 5) is 3.78. The number of rotatable bonds is 8. The van der Waals surface area contributed by atoms with E-state index in [1.54, 1.807) is 12.5 Å². The lowest BCUT2D eigenvalue weighted by molar-refractivity contribution is 0.587. The number of nitrogens with zero attached hydrogens (tertiary/aromatic N) is 2. The second-order valence-corrected chi connectivity index (χ2v) is 5.19. The Kier molecular flexibility index (Phi) is 13.5. The minimum absolute atomic E-state index is 1.18. The van der Waals surface area contributed by atoms with Crippen LogP contribution in [0.4, 0.5) is 0 Å². The van der Waals surface area contributed by atoms with Crippen molar-refractivity contribution in [2.75, 3.05) is 5.33 Å². The highest BCUT2D eigenvalue weighted by Crippen LogP contribution is 2.08. The summed E-state index contributed by atoms with van der Waals surface area (Å²) in [7, 11) is 1.94. The number of hydrogen-bond acceptors (Lipinski definition) is 1. The quantitative estimate of drug-likeness (QED) is 0.491. The fraction of sp³-hybridized carbons (Fsp3) is 0.786. The zero-order valence-corrected chi connectivity index (χ0v) is 13.0. The molecule has 17 heavy (non-hydrogen) atoms. The fourth-order valence-corrected chi connectivity index (χ4v) is 1.95. The van der Waals surface area contributed by atoms with Crippen LogP contribution in [-0.2, 0) is 7.05 Å². The molecule has 100 valence electrons. The van der Waals surface area contributed by atoms with E-state index in [4.69, 9.17) is 0 Å². The van der Waals surface area contributed by atoms with Crippen LogP contribution in [0.3, 0.4) is 0 Å². The first-order valence-electron chi connectivity index (χ1n) is 6.79. The first kappa shape index (κ1) is 16.7. The van der Waals surface area contributed by atoms with Gasteiger partial charge in [-0.1, -0.05) is 67.8 Å². The molecule has 0 N–H and O–H groups in total. The van der Waals surface area contributed by atoms with Crippen LogP contribution in [0.1, 0.15) is 58.3 Å². The number of aromatic nitrogens is 2. The molecule has 0 saturated carbocycles. The maximum atomic E-state index is 3.78. The molecule has 1 heterocycles. The Bertz CT molecular complexity index is 214. The van der Waals surface area contributed by atoms with Gasteiger partial charge < -0.3 is 4.57 Å². The summed E-state index contributed by atoms with van der Waals surface area (Å²) in [5, 5.41) is 1.18. The summed E-state index contributed by atoms with van der Waals surface area (Å²) in [5.41, 5.74) is 0. The molecular weight excluding hydrogens is 276 g/mol. The Morgan fingerprint density at radius 2 is 1.59 bits per heavy atom. The maximum absolute atomic E-state index is 3.78. The van der Waals surface area contributed by atoms with Gasteiger partial charge in [0.05, 0.1) is 6.33 Å². The van der Waals surface area contributed by atoms with Gasteiger partial charge >= 0.3 is 0 Å². The molecule has 0 unspecified atom stereocenters. The Labute approximate surface area is 115 Å². The number of hydrogen-bond donors (Lipinski definition) is 0. The van der Waals surface area contributed by atoms with Crippen molar-refractivity contribution in [3.63, 3.8) is 0 Å². The molecule has 0 radical (unpaired) electrons. The van der Waals surface area contributed by atoms with Crippen molar-refractivity contribution in [1.82, 2.24) is 9.55 Å². The van der Waals surface area contributed by atoms with E-state index in [0.29, 0.717) is 0 Å². The smallest absolute Gasteiger partial charge is 0.0943 e. The zero-order valence-electron chi connectivity index (χ0n) is 11.4. The average molecular weight is 303 g/mol. The van der Waals surface area contributed by atoms with E-state index < -0.39 is 0 Å². The molecule has 0 aliphatic carbocycles. The van der Waals surface area contributed by atoms with Crippen molar-refractivity contribution >= 4 is 15.9 Å². The van der Waals surface area contributed by atoms with E-state index >= 15 is 0 Å². The van der Waals surface area contributed by atoms with Gasteiger partial charge in [-0.15, -0.1) is 0 Å². The molecule has 0 spiro atoms. The molecule has 0 aliphatic heterocycles. The molecule has 1 aromatic heterocycles. The van der Waals surface area contributed by atoms with Gasteiger partial charge in [-0.05, 0) is 6.42 Å². The van der Waals surface area contributed by atoms with Crippen molar-refractivity contribution < 1.29 is 0 Å². The molecule has 1 rings (SSSR count). The minimum Gasteiger partial charge on any atom is -0.341 e. The molecule has 0 aliphatic rings. The standard InChI is InChI=1S/C10H21Br.C4H6N2/c1-2-3-4-5-6-7-8-9-10-11;1-6-3-2-5-4-6/h2-10H2,1H3;2-4H,1H3. The van der Waals surface area contributed by atoms with Gasteiger partial charge in [0.15, 0.2) is 0 Å². The van der Waals surface area contributed by atoms with Crippen LogP contribution < -0.4 is 0 Å². The molecule has 0 aromatic carbocycles. The normalized spacial score (nSPS) is 9.82. The summed E-state index contributed by atoms with van der Waals surface area (Å²) in [5.74, 6) is 0. The lowest BCUT2D eigenvalue weighted by Crippen LogP contribution is -1.80. The van der Waals surface area contributed by atoms with Gasteiger partial charge in [-0.3, -0.25) is 0 Å².